The Hall–Kier alpha value is -2.71. The zero-order chi connectivity index (χ0) is 20.7. The van der Waals surface area contributed by atoms with Crippen molar-refractivity contribution in [2.75, 3.05) is 20.2 Å². The zero-order valence-electron chi connectivity index (χ0n) is 16.1. The summed E-state index contributed by atoms with van der Waals surface area (Å²) in [5.74, 6) is -1.20. The number of amides is 1. The molecule has 0 heterocycles. The number of nitrogens with one attached hydrogen (secondary N) is 1. The second-order valence-corrected chi connectivity index (χ2v) is 8.24. The molecule has 0 aliphatic carbocycles. The first-order valence-corrected chi connectivity index (χ1v) is 10.2. The van der Waals surface area contributed by atoms with E-state index in [-0.39, 0.29) is 10.8 Å². The van der Waals surface area contributed by atoms with Crippen LogP contribution in [-0.2, 0) is 30.9 Å². The van der Waals surface area contributed by atoms with Crippen molar-refractivity contribution in [3.8, 4) is 0 Å². The van der Waals surface area contributed by atoms with Gasteiger partial charge in [0.1, 0.15) is 6.54 Å². The molecule has 150 valence electrons. The van der Waals surface area contributed by atoms with E-state index in [1.165, 1.54) is 17.0 Å². The van der Waals surface area contributed by atoms with Gasteiger partial charge in [0.2, 0.25) is 10.0 Å². The molecule has 7 nitrogen and oxygen atoms in total. The molecule has 0 spiro atoms. The lowest BCUT2D eigenvalue weighted by Gasteiger charge is -2.18. The van der Waals surface area contributed by atoms with E-state index >= 15 is 0 Å². The van der Waals surface area contributed by atoms with Crippen molar-refractivity contribution in [3.63, 3.8) is 0 Å². The van der Waals surface area contributed by atoms with Crippen LogP contribution in [0.15, 0.2) is 53.4 Å². The number of carbonyl (C=O) groups is 2. The molecule has 0 saturated heterocycles. The molecule has 0 unspecified atom stereocenters. The van der Waals surface area contributed by atoms with Crippen molar-refractivity contribution in [1.82, 2.24) is 9.62 Å². The summed E-state index contributed by atoms with van der Waals surface area (Å²) >= 11 is 0. The van der Waals surface area contributed by atoms with Gasteiger partial charge in [0.25, 0.3) is 5.91 Å². The molecule has 2 rings (SSSR count). The van der Waals surface area contributed by atoms with Crippen LogP contribution in [0.1, 0.15) is 16.7 Å². The molecule has 28 heavy (non-hydrogen) atoms. The third-order valence-corrected chi connectivity index (χ3v) is 5.61. The number of sulfonamides is 1. The van der Waals surface area contributed by atoms with Crippen molar-refractivity contribution < 1.29 is 22.7 Å². The molecule has 0 aliphatic rings. The second-order valence-electron chi connectivity index (χ2n) is 6.47. The van der Waals surface area contributed by atoms with E-state index in [0.29, 0.717) is 6.54 Å². The highest BCUT2D eigenvalue weighted by atomic mass is 32.2. The average Bonchev–Trinajstić information content (AvgIpc) is 2.66. The second kappa shape index (κ2) is 9.48. The van der Waals surface area contributed by atoms with Gasteiger partial charge in [-0.25, -0.2) is 8.42 Å². The number of hydrogen-bond donors (Lipinski definition) is 1. The Morgan fingerprint density at radius 3 is 2.32 bits per heavy atom. The maximum Gasteiger partial charge on any atom is 0.321 e. The van der Waals surface area contributed by atoms with Gasteiger partial charge in [-0.2, -0.15) is 4.72 Å². The predicted molar refractivity (Wildman–Crippen MR) is 105 cm³/mol. The number of ether oxygens (including phenoxy) is 1. The zero-order valence-corrected chi connectivity index (χ0v) is 17.0. The van der Waals surface area contributed by atoms with E-state index < -0.39 is 29.1 Å². The number of likely N-dealkylation sites (N-methyl/N-ethyl adjacent to an activating group) is 1. The molecule has 0 aliphatic heterocycles. The van der Waals surface area contributed by atoms with E-state index in [0.717, 1.165) is 16.7 Å². The number of aryl methyl sites for hydroxylation is 2. The third kappa shape index (κ3) is 6.17. The van der Waals surface area contributed by atoms with Crippen LogP contribution in [0.4, 0.5) is 0 Å². The Labute approximate surface area is 165 Å². The summed E-state index contributed by atoms with van der Waals surface area (Å²) in [4.78, 5) is 25.4. The topological polar surface area (TPSA) is 92.8 Å². The molecule has 0 saturated carbocycles. The van der Waals surface area contributed by atoms with Crippen molar-refractivity contribution in [3.05, 3.63) is 65.2 Å². The summed E-state index contributed by atoms with van der Waals surface area (Å²) in [6.07, 6.45) is 0. The van der Waals surface area contributed by atoms with Crippen molar-refractivity contribution in [1.29, 1.82) is 0 Å². The van der Waals surface area contributed by atoms with Gasteiger partial charge in [0, 0.05) is 13.6 Å². The number of nitrogens with zero attached hydrogens (tertiary/aromatic N) is 1. The van der Waals surface area contributed by atoms with Crippen molar-refractivity contribution >= 4 is 21.9 Å². The molecular weight excluding hydrogens is 380 g/mol. The first-order valence-electron chi connectivity index (χ1n) is 8.69. The minimum Gasteiger partial charge on any atom is -0.455 e. The molecule has 0 aromatic heterocycles. The fourth-order valence-corrected chi connectivity index (χ4v) is 3.36. The predicted octanol–water partition coefficient (Wildman–Crippen LogP) is 1.78. The standard InChI is InChI=1S/C20H24N2O5S/c1-15-8-10-18(11-9-15)28(25,26)21-12-20(24)27-14-19(23)22(3)13-17-7-5-4-6-16(17)2/h4-11,21H,12-14H2,1-3H3. The van der Waals surface area contributed by atoms with Crippen LogP contribution in [0.3, 0.4) is 0 Å². The summed E-state index contributed by atoms with van der Waals surface area (Å²) < 4.78 is 31.3. The molecule has 1 N–H and O–H groups in total. The van der Waals surface area contributed by atoms with E-state index in [1.807, 2.05) is 38.1 Å². The molecule has 2 aromatic rings. The minimum absolute atomic E-state index is 0.0555. The van der Waals surface area contributed by atoms with Gasteiger partial charge in [-0.3, -0.25) is 9.59 Å². The highest BCUT2D eigenvalue weighted by Crippen LogP contribution is 2.10. The van der Waals surface area contributed by atoms with E-state index in [9.17, 15) is 18.0 Å². The van der Waals surface area contributed by atoms with Gasteiger partial charge in [0.05, 0.1) is 4.90 Å². The average molecular weight is 404 g/mol. The summed E-state index contributed by atoms with van der Waals surface area (Å²) in [7, 11) is -2.20. The lowest BCUT2D eigenvalue weighted by Crippen LogP contribution is -2.34. The number of esters is 1. The lowest BCUT2D eigenvalue weighted by molar-refractivity contribution is -0.150. The van der Waals surface area contributed by atoms with E-state index in [4.69, 9.17) is 4.74 Å². The van der Waals surface area contributed by atoms with Crippen LogP contribution >= 0.6 is 0 Å². The van der Waals surface area contributed by atoms with Gasteiger partial charge in [-0.1, -0.05) is 42.0 Å². The van der Waals surface area contributed by atoms with Gasteiger partial charge in [-0.15, -0.1) is 0 Å². The molecule has 0 bridgehead atoms. The van der Waals surface area contributed by atoms with Gasteiger partial charge in [-0.05, 0) is 37.1 Å². The fraction of sp³-hybridized carbons (Fsp3) is 0.300. The lowest BCUT2D eigenvalue weighted by atomic mass is 10.1. The molecule has 1 amide bonds. The number of carbonyl (C=O) groups excluding carboxylic acids is 2. The van der Waals surface area contributed by atoms with Crippen LogP contribution in [-0.4, -0.2) is 45.4 Å². The Kier molecular flexibility index (Phi) is 7.31. The van der Waals surface area contributed by atoms with Gasteiger partial charge < -0.3 is 9.64 Å². The summed E-state index contributed by atoms with van der Waals surface area (Å²) in [5.41, 5.74) is 2.98. The fourth-order valence-electron chi connectivity index (χ4n) is 2.39. The summed E-state index contributed by atoms with van der Waals surface area (Å²) in [5, 5.41) is 0. The highest BCUT2D eigenvalue weighted by Gasteiger charge is 2.17. The van der Waals surface area contributed by atoms with Crippen LogP contribution < -0.4 is 4.72 Å². The quantitative estimate of drug-likeness (QED) is 0.677. The molecule has 0 atom stereocenters. The summed E-state index contributed by atoms with van der Waals surface area (Å²) in [6, 6.07) is 13.9. The first-order chi connectivity index (χ1) is 13.2. The molecule has 0 radical (unpaired) electrons. The van der Waals surface area contributed by atoms with E-state index in [2.05, 4.69) is 4.72 Å². The molecule has 0 fully saturated rings. The van der Waals surface area contributed by atoms with Crippen molar-refractivity contribution in [2.45, 2.75) is 25.3 Å². The van der Waals surface area contributed by atoms with Crippen LogP contribution in [0, 0.1) is 13.8 Å². The maximum atomic E-state index is 12.1. The Balaban J connectivity index is 1.80. The minimum atomic E-state index is -3.82. The number of rotatable bonds is 8. The smallest absolute Gasteiger partial charge is 0.321 e. The molecule has 2 aromatic carbocycles. The number of benzene rings is 2. The SMILES string of the molecule is Cc1ccc(S(=O)(=O)NCC(=O)OCC(=O)N(C)Cc2ccccc2C)cc1. The largest absolute Gasteiger partial charge is 0.455 e. The number of hydrogen-bond acceptors (Lipinski definition) is 5. The Morgan fingerprint density at radius 1 is 1.04 bits per heavy atom. The summed E-state index contributed by atoms with van der Waals surface area (Å²) in [6.45, 7) is 3.18. The van der Waals surface area contributed by atoms with Crippen LogP contribution in [0.5, 0.6) is 0 Å². The van der Waals surface area contributed by atoms with Crippen LogP contribution in [0.25, 0.3) is 0 Å². The highest BCUT2D eigenvalue weighted by molar-refractivity contribution is 7.89. The monoisotopic (exact) mass is 404 g/mol. The maximum absolute atomic E-state index is 12.1. The van der Waals surface area contributed by atoms with E-state index in [1.54, 1.807) is 19.2 Å². The van der Waals surface area contributed by atoms with Gasteiger partial charge in [0.15, 0.2) is 6.61 Å². The van der Waals surface area contributed by atoms with Crippen molar-refractivity contribution in [2.24, 2.45) is 0 Å². The molecule has 8 heteroatoms. The van der Waals surface area contributed by atoms with Crippen LogP contribution in [0.2, 0.25) is 0 Å². The Morgan fingerprint density at radius 2 is 1.68 bits per heavy atom. The first kappa shape index (κ1) is 21.6. The third-order valence-electron chi connectivity index (χ3n) is 4.19. The normalized spacial score (nSPS) is 11.1. The van der Waals surface area contributed by atoms with Gasteiger partial charge >= 0.3 is 5.97 Å². The molecular formula is C20H24N2O5S. The Bertz CT molecular complexity index is 939.